The normalized spacial score (nSPS) is 20.8. The number of rotatable bonds is 3. The Balaban J connectivity index is 1.72. The van der Waals surface area contributed by atoms with Crippen LogP contribution in [0.25, 0.3) is 0 Å². The molecule has 0 saturated carbocycles. The molecule has 1 aromatic carbocycles. The van der Waals surface area contributed by atoms with Crippen LogP contribution < -0.4 is 9.64 Å². The lowest BCUT2D eigenvalue weighted by molar-refractivity contribution is -0.139. The molecule has 1 aromatic rings. The molecule has 2 aliphatic rings. The molecule has 1 unspecified atom stereocenters. The Labute approximate surface area is 147 Å². The number of hydrogen-bond acceptors (Lipinski definition) is 4. The molecule has 2 heterocycles. The van der Waals surface area contributed by atoms with Gasteiger partial charge in [0.15, 0.2) is 0 Å². The van der Waals surface area contributed by atoms with Gasteiger partial charge in [0.2, 0.25) is 17.7 Å². The highest BCUT2D eigenvalue weighted by Crippen LogP contribution is 2.29. The van der Waals surface area contributed by atoms with Crippen molar-refractivity contribution in [2.75, 3.05) is 38.2 Å². The van der Waals surface area contributed by atoms with Crippen LogP contribution in [0.1, 0.15) is 19.8 Å². The van der Waals surface area contributed by atoms with Crippen molar-refractivity contribution in [1.29, 1.82) is 0 Å². The summed E-state index contributed by atoms with van der Waals surface area (Å²) in [7, 11) is 1.59. The zero-order valence-electron chi connectivity index (χ0n) is 14.6. The maximum Gasteiger partial charge on any atom is 0.245 e. The second-order valence-electron chi connectivity index (χ2n) is 6.35. The molecule has 134 valence electrons. The lowest BCUT2D eigenvalue weighted by Crippen LogP contribution is -2.54. The third-order valence-electron chi connectivity index (χ3n) is 4.88. The number of piperazine rings is 1. The van der Waals surface area contributed by atoms with E-state index in [0.29, 0.717) is 50.5 Å². The fraction of sp³-hybridized carbons (Fsp3) is 0.500. The van der Waals surface area contributed by atoms with Crippen LogP contribution in [0.3, 0.4) is 0 Å². The molecule has 25 heavy (non-hydrogen) atoms. The van der Waals surface area contributed by atoms with Crippen molar-refractivity contribution >= 4 is 23.4 Å². The van der Waals surface area contributed by atoms with Crippen LogP contribution in [0.2, 0.25) is 0 Å². The number of benzene rings is 1. The standard InChI is InChI=1S/C18H23N3O4/c1-13(22)19-9-11-20(12-10-19)18(24)16-7-8-17(23)21(16)14-3-5-15(25-2)6-4-14/h3-6,16H,7-12H2,1-2H3. The average Bonchev–Trinajstić information content (AvgIpc) is 3.02. The van der Waals surface area contributed by atoms with Crippen LogP contribution in [0.5, 0.6) is 5.75 Å². The fourth-order valence-electron chi connectivity index (χ4n) is 3.44. The molecular formula is C18H23N3O4. The minimum absolute atomic E-state index is 0.0306. The SMILES string of the molecule is COc1ccc(N2C(=O)CCC2C(=O)N2CCN(C(C)=O)CC2)cc1. The van der Waals surface area contributed by atoms with Gasteiger partial charge in [0.25, 0.3) is 0 Å². The van der Waals surface area contributed by atoms with E-state index >= 15 is 0 Å². The molecule has 0 N–H and O–H groups in total. The first-order valence-electron chi connectivity index (χ1n) is 8.51. The van der Waals surface area contributed by atoms with Gasteiger partial charge < -0.3 is 14.5 Å². The first kappa shape index (κ1) is 17.3. The van der Waals surface area contributed by atoms with Crippen molar-refractivity contribution in [1.82, 2.24) is 9.80 Å². The van der Waals surface area contributed by atoms with Crippen molar-refractivity contribution in [2.45, 2.75) is 25.8 Å². The van der Waals surface area contributed by atoms with Crippen LogP contribution in [-0.4, -0.2) is 66.9 Å². The highest BCUT2D eigenvalue weighted by atomic mass is 16.5. The molecule has 0 aromatic heterocycles. The van der Waals surface area contributed by atoms with Gasteiger partial charge in [-0.1, -0.05) is 0 Å². The van der Waals surface area contributed by atoms with Gasteiger partial charge in [0, 0.05) is 45.2 Å². The topological polar surface area (TPSA) is 70.2 Å². The van der Waals surface area contributed by atoms with E-state index in [4.69, 9.17) is 4.74 Å². The summed E-state index contributed by atoms with van der Waals surface area (Å²) in [5.74, 6) is 0.664. The molecule has 7 heteroatoms. The zero-order chi connectivity index (χ0) is 18.0. The van der Waals surface area contributed by atoms with Crippen molar-refractivity contribution in [3.05, 3.63) is 24.3 Å². The van der Waals surface area contributed by atoms with E-state index in [1.807, 2.05) is 0 Å². The van der Waals surface area contributed by atoms with Gasteiger partial charge in [0.1, 0.15) is 11.8 Å². The quantitative estimate of drug-likeness (QED) is 0.815. The number of nitrogens with zero attached hydrogens (tertiary/aromatic N) is 3. The number of carbonyl (C=O) groups is 3. The van der Waals surface area contributed by atoms with Gasteiger partial charge in [-0.3, -0.25) is 19.3 Å². The van der Waals surface area contributed by atoms with Crippen LogP contribution in [0.4, 0.5) is 5.69 Å². The van der Waals surface area contributed by atoms with Crippen molar-refractivity contribution < 1.29 is 19.1 Å². The Morgan fingerprint density at radius 3 is 2.20 bits per heavy atom. The molecule has 0 radical (unpaired) electrons. The number of ether oxygens (including phenoxy) is 1. The first-order chi connectivity index (χ1) is 12.0. The maximum atomic E-state index is 12.9. The molecule has 7 nitrogen and oxygen atoms in total. The van der Waals surface area contributed by atoms with Gasteiger partial charge in [-0.05, 0) is 30.7 Å². The van der Waals surface area contributed by atoms with E-state index in [2.05, 4.69) is 0 Å². The summed E-state index contributed by atoms with van der Waals surface area (Å²) in [6.07, 6.45) is 0.895. The van der Waals surface area contributed by atoms with Crippen LogP contribution >= 0.6 is 0 Å². The minimum Gasteiger partial charge on any atom is -0.497 e. The Hall–Kier alpha value is -2.57. The Bertz CT molecular complexity index is 665. The zero-order valence-corrected chi connectivity index (χ0v) is 14.6. The van der Waals surface area contributed by atoms with Crippen LogP contribution in [-0.2, 0) is 14.4 Å². The van der Waals surface area contributed by atoms with Crippen LogP contribution in [0.15, 0.2) is 24.3 Å². The van der Waals surface area contributed by atoms with Crippen molar-refractivity contribution in [2.24, 2.45) is 0 Å². The van der Waals surface area contributed by atoms with Crippen molar-refractivity contribution in [3.63, 3.8) is 0 Å². The predicted octanol–water partition coefficient (Wildman–Crippen LogP) is 0.881. The third kappa shape index (κ3) is 3.45. The number of hydrogen-bond donors (Lipinski definition) is 0. The smallest absolute Gasteiger partial charge is 0.245 e. The monoisotopic (exact) mass is 345 g/mol. The highest BCUT2D eigenvalue weighted by molar-refractivity contribution is 6.03. The molecular weight excluding hydrogens is 322 g/mol. The number of carbonyl (C=O) groups excluding carboxylic acids is 3. The Kier molecular flexibility index (Phi) is 4.92. The number of anilines is 1. The van der Waals surface area contributed by atoms with E-state index in [1.165, 1.54) is 0 Å². The van der Waals surface area contributed by atoms with Gasteiger partial charge >= 0.3 is 0 Å². The number of methoxy groups -OCH3 is 1. The van der Waals surface area contributed by atoms with E-state index in [-0.39, 0.29) is 17.7 Å². The molecule has 2 aliphatic heterocycles. The molecule has 1 atom stereocenters. The predicted molar refractivity (Wildman–Crippen MR) is 92.3 cm³/mol. The summed E-state index contributed by atoms with van der Waals surface area (Å²) in [5.41, 5.74) is 0.712. The lowest BCUT2D eigenvalue weighted by Gasteiger charge is -2.37. The summed E-state index contributed by atoms with van der Waals surface area (Å²) in [6.45, 7) is 3.66. The lowest BCUT2D eigenvalue weighted by atomic mass is 10.1. The van der Waals surface area contributed by atoms with Crippen molar-refractivity contribution in [3.8, 4) is 5.75 Å². The highest BCUT2D eigenvalue weighted by Gasteiger charge is 2.39. The van der Waals surface area contributed by atoms with E-state index < -0.39 is 6.04 Å². The molecule has 3 amide bonds. The summed E-state index contributed by atoms with van der Waals surface area (Å²) in [6, 6.07) is 6.71. The summed E-state index contributed by atoms with van der Waals surface area (Å²) in [5, 5.41) is 0. The molecule has 0 spiro atoms. The second-order valence-corrected chi connectivity index (χ2v) is 6.35. The largest absolute Gasteiger partial charge is 0.497 e. The third-order valence-corrected chi connectivity index (χ3v) is 4.88. The van der Waals surface area contributed by atoms with Gasteiger partial charge in [-0.15, -0.1) is 0 Å². The number of amides is 3. The second kappa shape index (κ2) is 7.13. The van der Waals surface area contributed by atoms with E-state index in [1.54, 1.807) is 53.0 Å². The minimum atomic E-state index is -0.468. The molecule has 0 aliphatic carbocycles. The summed E-state index contributed by atoms with van der Waals surface area (Å²) in [4.78, 5) is 41.8. The molecule has 2 fully saturated rings. The van der Waals surface area contributed by atoms with Gasteiger partial charge in [-0.2, -0.15) is 0 Å². The summed E-state index contributed by atoms with van der Waals surface area (Å²) < 4.78 is 5.15. The summed E-state index contributed by atoms with van der Waals surface area (Å²) >= 11 is 0. The fourth-order valence-corrected chi connectivity index (χ4v) is 3.44. The Morgan fingerprint density at radius 2 is 1.64 bits per heavy atom. The Morgan fingerprint density at radius 1 is 1.04 bits per heavy atom. The molecule has 2 saturated heterocycles. The van der Waals surface area contributed by atoms with Crippen LogP contribution in [0, 0.1) is 0 Å². The van der Waals surface area contributed by atoms with Gasteiger partial charge in [0.05, 0.1) is 7.11 Å². The molecule has 3 rings (SSSR count). The van der Waals surface area contributed by atoms with E-state index in [0.717, 1.165) is 0 Å². The first-order valence-corrected chi connectivity index (χ1v) is 8.51. The van der Waals surface area contributed by atoms with Gasteiger partial charge in [-0.25, -0.2) is 0 Å². The average molecular weight is 345 g/mol. The maximum absolute atomic E-state index is 12.9. The van der Waals surface area contributed by atoms with E-state index in [9.17, 15) is 14.4 Å². The molecule has 0 bridgehead atoms.